The first-order chi connectivity index (χ1) is 8.60. The second kappa shape index (κ2) is 3.95. The molecule has 5 nitrogen and oxygen atoms in total. The Kier molecular flexibility index (Phi) is 2.52. The Morgan fingerprint density at radius 2 is 2.11 bits per heavy atom. The van der Waals surface area contributed by atoms with E-state index in [4.69, 9.17) is 0 Å². The molecule has 2 aromatic heterocycles. The van der Waals surface area contributed by atoms with Gasteiger partial charge in [-0.15, -0.1) is 0 Å². The van der Waals surface area contributed by atoms with Crippen molar-refractivity contribution in [3.05, 3.63) is 23.0 Å². The molecule has 0 atom stereocenters. The second-order valence-electron chi connectivity index (χ2n) is 4.96. The number of aryl methyl sites for hydroxylation is 3. The predicted octanol–water partition coefficient (Wildman–Crippen LogP) is 1.09. The molecule has 0 unspecified atom stereocenters. The molecule has 0 spiro atoms. The molecule has 1 fully saturated rings. The van der Waals surface area contributed by atoms with E-state index in [0.717, 1.165) is 34.8 Å². The monoisotopic (exact) mass is 246 g/mol. The first-order valence-corrected chi connectivity index (χ1v) is 6.39. The Morgan fingerprint density at radius 1 is 1.39 bits per heavy atom. The summed E-state index contributed by atoms with van der Waals surface area (Å²) in [5, 5.41) is 14.0. The fourth-order valence-corrected chi connectivity index (χ4v) is 2.31. The Bertz CT molecular complexity index is 599. The third-order valence-electron chi connectivity index (χ3n) is 3.64. The summed E-state index contributed by atoms with van der Waals surface area (Å²) in [6.07, 6.45) is 0.694. The van der Waals surface area contributed by atoms with Gasteiger partial charge in [-0.3, -0.25) is 0 Å². The van der Waals surface area contributed by atoms with Crippen molar-refractivity contribution in [2.45, 2.75) is 33.3 Å². The molecule has 3 heterocycles. The van der Waals surface area contributed by atoms with Crippen LogP contribution in [0.5, 0.6) is 0 Å². The summed E-state index contributed by atoms with van der Waals surface area (Å²) < 4.78 is 1.90. The third kappa shape index (κ3) is 1.58. The van der Waals surface area contributed by atoms with Crippen molar-refractivity contribution in [2.75, 3.05) is 18.0 Å². The van der Waals surface area contributed by atoms with Gasteiger partial charge in [0.15, 0.2) is 5.65 Å². The van der Waals surface area contributed by atoms with E-state index in [9.17, 15) is 5.11 Å². The zero-order chi connectivity index (χ0) is 12.9. The first-order valence-electron chi connectivity index (χ1n) is 6.39. The highest BCUT2D eigenvalue weighted by Gasteiger charge is 2.27. The van der Waals surface area contributed by atoms with Crippen LogP contribution in [0.2, 0.25) is 0 Å². The zero-order valence-electron chi connectivity index (χ0n) is 11.0. The summed E-state index contributed by atoms with van der Waals surface area (Å²) in [6, 6.07) is 2.07. The van der Waals surface area contributed by atoms with Crippen molar-refractivity contribution in [3.8, 4) is 0 Å². The summed E-state index contributed by atoms with van der Waals surface area (Å²) in [5.41, 5.74) is 4.15. The van der Waals surface area contributed by atoms with E-state index in [1.807, 2.05) is 11.4 Å². The number of hydrogen-bond donors (Lipinski definition) is 1. The number of anilines is 1. The van der Waals surface area contributed by atoms with Crippen molar-refractivity contribution < 1.29 is 5.11 Å². The smallest absolute Gasteiger partial charge is 0.160 e. The summed E-state index contributed by atoms with van der Waals surface area (Å²) in [4.78, 5) is 6.79. The fourth-order valence-electron chi connectivity index (χ4n) is 2.31. The molecule has 1 N–H and O–H groups in total. The number of β-amino-alcohol motifs (C(OH)–C–C–N with tert-alkyl or cyclic N) is 1. The molecule has 96 valence electrons. The van der Waals surface area contributed by atoms with Crippen LogP contribution in [0.25, 0.3) is 5.65 Å². The minimum absolute atomic E-state index is 0.212. The number of fused-ring (bicyclic) bond motifs is 1. The number of aliphatic hydroxyl groups is 1. The zero-order valence-corrected chi connectivity index (χ0v) is 11.0. The molecule has 0 saturated carbocycles. The maximum Gasteiger partial charge on any atom is 0.160 e. The lowest BCUT2D eigenvalue weighted by Gasteiger charge is -2.37. The Hall–Kier alpha value is -1.62. The average molecular weight is 246 g/mol. The molecule has 18 heavy (non-hydrogen) atoms. The molecule has 1 aliphatic heterocycles. The molecule has 1 aliphatic rings. The normalized spacial score (nSPS) is 16.3. The van der Waals surface area contributed by atoms with E-state index in [0.29, 0.717) is 13.1 Å². The third-order valence-corrected chi connectivity index (χ3v) is 3.64. The van der Waals surface area contributed by atoms with Crippen LogP contribution in [0, 0.1) is 13.8 Å². The van der Waals surface area contributed by atoms with E-state index >= 15 is 0 Å². The highest BCUT2D eigenvalue weighted by Crippen LogP contribution is 2.25. The molecular weight excluding hydrogens is 228 g/mol. The molecule has 0 bridgehead atoms. The van der Waals surface area contributed by atoms with Crippen molar-refractivity contribution in [1.82, 2.24) is 14.6 Å². The van der Waals surface area contributed by atoms with Crippen molar-refractivity contribution in [1.29, 1.82) is 0 Å². The van der Waals surface area contributed by atoms with Crippen LogP contribution < -0.4 is 4.90 Å². The van der Waals surface area contributed by atoms with Crippen LogP contribution in [-0.2, 0) is 6.42 Å². The molecule has 0 radical (unpaired) electrons. The van der Waals surface area contributed by atoms with Crippen LogP contribution in [0.15, 0.2) is 6.07 Å². The molecule has 3 rings (SSSR count). The van der Waals surface area contributed by atoms with Gasteiger partial charge in [0.05, 0.1) is 11.8 Å². The highest BCUT2D eigenvalue weighted by atomic mass is 16.3. The summed E-state index contributed by atoms with van der Waals surface area (Å²) >= 11 is 0. The Balaban J connectivity index is 2.19. The van der Waals surface area contributed by atoms with E-state index in [1.54, 1.807) is 0 Å². The molecule has 0 aromatic carbocycles. The molecule has 5 heteroatoms. The maximum absolute atomic E-state index is 9.45. The summed E-state index contributed by atoms with van der Waals surface area (Å²) in [7, 11) is 0. The van der Waals surface area contributed by atoms with E-state index in [2.05, 4.69) is 34.9 Å². The van der Waals surface area contributed by atoms with Crippen LogP contribution in [0.1, 0.15) is 23.9 Å². The maximum atomic E-state index is 9.45. The Labute approximate surface area is 106 Å². The van der Waals surface area contributed by atoms with E-state index in [-0.39, 0.29) is 6.10 Å². The standard InChI is InChI=1S/C13H18N4O/c1-4-10-5-12(16-6-11(18)7-16)17-13(14-10)8(2)9(3)15-17/h5,11,18H,4,6-7H2,1-3H3. The van der Waals surface area contributed by atoms with Gasteiger partial charge in [0, 0.05) is 30.4 Å². The molecule has 0 amide bonds. The SMILES string of the molecule is CCc1cc(N2CC(O)C2)n2nc(C)c(C)c2n1. The number of rotatable bonds is 2. The summed E-state index contributed by atoms with van der Waals surface area (Å²) in [6.45, 7) is 7.52. The van der Waals surface area contributed by atoms with Gasteiger partial charge in [-0.1, -0.05) is 6.92 Å². The minimum atomic E-state index is -0.212. The van der Waals surface area contributed by atoms with Gasteiger partial charge in [0.1, 0.15) is 5.82 Å². The van der Waals surface area contributed by atoms with Gasteiger partial charge < -0.3 is 10.0 Å². The quantitative estimate of drug-likeness (QED) is 0.862. The van der Waals surface area contributed by atoms with Gasteiger partial charge in [-0.05, 0) is 20.3 Å². The number of aliphatic hydroxyl groups excluding tert-OH is 1. The van der Waals surface area contributed by atoms with Gasteiger partial charge in [0.25, 0.3) is 0 Å². The van der Waals surface area contributed by atoms with E-state index < -0.39 is 0 Å². The Morgan fingerprint density at radius 3 is 2.72 bits per heavy atom. The number of aromatic nitrogens is 3. The number of nitrogens with zero attached hydrogens (tertiary/aromatic N) is 4. The van der Waals surface area contributed by atoms with Crippen LogP contribution in [-0.4, -0.2) is 38.9 Å². The highest BCUT2D eigenvalue weighted by molar-refractivity contribution is 5.57. The predicted molar refractivity (Wildman–Crippen MR) is 70.1 cm³/mol. The van der Waals surface area contributed by atoms with E-state index in [1.165, 1.54) is 0 Å². The largest absolute Gasteiger partial charge is 0.389 e. The van der Waals surface area contributed by atoms with Gasteiger partial charge >= 0.3 is 0 Å². The number of hydrogen-bond acceptors (Lipinski definition) is 4. The van der Waals surface area contributed by atoms with Gasteiger partial charge in [0.2, 0.25) is 0 Å². The second-order valence-corrected chi connectivity index (χ2v) is 4.96. The fraction of sp³-hybridized carbons (Fsp3) is 0.538. The van der Waals surface area contributed by atoms with Crippen molar-refractivity contribution >= 4 is 11.5 Å². The van der Waals surface area contributed by atoms with Gasteiger partial charge in [-0.25, -0.2) is 4.98 Å². The topological polar surface area (TPSA) is 53.7 Å². The summed E-state index contributed by atoms with van der Waals surface area (Å²) in [5.74, 6) is 1.04. The lowest BCUT2D eigenvalue weighted by molar-refractivity contribution is 0.141. The van der Waals surface area contributed by atoms with Crippen molar-refractivity contribution in [2.24, 2.45) is 0 Å². The molecular formula is C13H18N4O. The van der Waals surface area contributed by atoms with Gasteiger partial charge in [-0.2, -0.15) is 9.61 Å². The van der Waals surface area contributed by atoms with Crippen LogP contribution in [0.3, 0.4) is 0 Å². The molecule has 0 aliphatic carbocycles. The average Bonchev–Trinajstić information content (AvgIpc) is 2.61. The minimum Gasteiger partial charge on any atom is -0.389 e. The van der Waals surface area contributed by atoms with Crippen LogP contribution in [0.4, 0.5) is 5.82 Å². The lowest BCUT2D eigenvalue weighted by Crippen LogP contribution is -2.51. The molecule has 2 aromatic rings. The van der Waals surface area contributed by atoms with Crippen molar-refractivity contribution in [3.63, 3.8) is 0 Å². The first kappa shape index (κ1) is 11.5. The molecule has 1 saturated heterocycles. The van der Waals surface area contributed by atoms with Crippen LogP contribution >= 0.6 is 0 Å². The lowest BCUT2D eigenvalue weighted by atomic mass is 10.1.